The zero-order valence-electron chi connectivity index (χ0n) is 40.5. The summed E-state index contributed by atoms with van der Waals surface area (Å²) in [4.78, 5) is 15.0. The van der Waals surface area contributed by atoms with Crippen LogP contribution in [0.1, 0.15) is 0 Å². The van der Waals surface area contributed by atoms with Crippen molar-refractivity contribution in [2.24, 2.45) is 0 Å². The molecule has 4 aromatic heterocycles. The van der Waals surface area contributed by atoms with Crippen LogP contribution in [0.2, 0.25) is 0 Å². The Kier molecular flexibility index (Phi) is 9.78. The van der Waals surface area contributed by atoms with Crippen LogP contribution in [0.15, 0.2) is 265 Å². The van der Waals surface area contributed by atoms with Gasteiger partial charge >= 0.3 is 0 Å². The number of benzene rings is 11. The van der Waals surface area contributed by atoms with Gasteiger partial charge in [-0.25, -0.2) is 15.0 Å². The molecule has 0 radical (unpaired) electrons. The van der Waals surface area contributed by atoms with Crippen molar-refractivity contribution in [1.82, 2.24) is 24.1 Å². The van der Waals surface area contributed by atoms with E-state index in [1.807, 2.05) is 60.7 Å². The van der Waals surface area contributed by atoms with Gasteiger partial charge < -0.3 is 13.6 Å². The molecular formula is C69H43N5O. The van der Waals surface area contributed by atoms with Crippen molar-refractivity contribution >= 4 is 65.6 Å². The van der Waals surface area contributed by atoms with Crippen molar-refractivity contribution in [2.75, 3.05) is 0 Å². The van der Waals surface area contributed by atoms with Crippen LogP contribution < -0.4 is 0 Å². The van der Waals surface area contributed by atoms with Gasteiger partial charge in [-0.05, 0) is 124 Å². The van der Waals surface area contributed by atoms with Gasteiger partial charge in [-0.2, -0.15) is 0 Å². The Morgan fingerprint density at radius 2 is 0.667 bits per heavy atom. The minimum absolute atomic E-state index is 0.612. The fraction of sp³-hybridized carbons (Fsp3) is 0. The number of hydrogen-bond donors (Lipinski definition) is 0. The third-order valence-corrected chi connectivity index (χ3v) is 14.8. The number of para-hydroxylation sites is 3. The van der Waals surface area contributed by atoms with E-state index in [0.29, 0.717) is 17.5 Å². The van der Waals surface area contributed by atoms with Gasteiger partial charge in [0.15, 0.2) is 17.5 Å². The average Bonchev–Trinajstić information content (AvgIpc) is 4.15. The first kappa shape index (κ1) is 42.5. The fourth-order valence-electron chi connectivity index (χ4n) is 11.3. The molecular weight excluding hydrogens is 915 g/mol. The second-order valence-electron chi connectivity index (χ2n) is 19.2. The average molecular weight is 958 g/mol. The summed E-state index contributed by atoms with van der Waals surface area (Å²) in [5.41, 5.74) is 18.1. The molecule has 75 heavy (non-hydrogen) atoms. The first-order valence-corrected chi connectivity index (χ1v) is 25.3. The highest BCUT2D eigenvalue weighted by atomic mass is 16.3. The lowest BCUT2D eigenvalue weighted by atomic mass is 9.95. The molecule has 4 heterocycles. The smallest absolute Gasteiger partial charge is 0.164 e. The predicted octanol–water partition coefficient (Wildman–Crippen LogP) is 18.0. The summed E-state index contributed by atoms with van der Waals surface area (Å²) in [6, 6.07) is 92.4. The van der Waals surface area contributed by atoms with Crippen molar-refractivity contribution in [3.63, 3.8) is 0 Å². The Balaban J connectivity index is 0.855. The van der Waals surface area contributed by atoms with E-state index in [4.69, 9.17) is 19.4 Å². The van der Waals surface area contributed by atoms with Crippen molar-refractivity contribution in [2.45, 2.75) is 0 Å². The van der Waals surface area contributed by atoms with Crippen LogP contribution in [0.3, 0.4) is 0 Å². The summed E-state index contributed by atoms with van der Waals surface area (Å²) in [6.45, 7) is 0. The maximum Gasteiger partial charge on any atom is 0.164 e. The molecule has 6 heteroatoms. The van der Waals surface area contributed by atoms with Crippen LogP contribution >= 0.6 is 0 Å². The second-order valence-corrected chi connectivity index (χ2v) is 19.2. The van der Waals surface area contributed by atoms with Crippen molar-refractivity contribution in [3.8, 4) is 78.9 Å². The predicted molar refractivity (Wildman–Crippen MR) is 308 cm³/mol. The lowest BCUT2D eigenvalue weighted by Gasteiger charge is -2.10. The molecule has 0 unspecified atom stereocenters. The quantitative estimate of drug-likeness (QED) is 0.152. The molecule has 0 aliphatic rings. The van der Waals surface area contributed by atoms with E-state index in [1.165, 1.54) is 43.7 Å². The molecule has 11 aromatic carbocycles. The van der Waals surface area contributed by atoms with Crippen molar-refractivity contribution in [1.29, 1.82) is 0 Å². The molecule has 0 aliphatic heterocycles. The standard InChI is InChI=1S/C69H43N5O/c1-5-17-44(18-6-1)67-70-68(45-19-7-2-8-20-45)72-69(71-67)51-22-15-21-50(39-51)54-28-16-30-65-66(54)59-43-49(34-38-64(59)75-65)48-33-37-63-58(42-48)57-41-47(32-36-62(57)74(63)53-25-11-4-12-26-53)46-31-35-61-56(40-46)55-27-13-14-29-60(55)73(61)52-23-9-3-10-24-52/h1-43H. The first-order valence-electron chi connectivity index (χ1n) is 25.3. The van der Waals surface area contributed by atoms with E-state index in [9.17, 15) is 0 Å². The fourth-order valence-corrected chi connectivity index (χ4v) is 11.3. The largest absolute Gasteiger partial charge is 0.456 e. The number of nitrogens with zero attached hydrogens (tertiary/aromatic N) is 5. The Bertz CT molecular complexity index is 4630. The highest BCUT2D eigenvalue weighted by Crippen LogP contribution is 2.43. The summed E-state index contributed by atoms with van der Waals surface area (Å²) < 4.78 is 11.4. The molecule has 0 spiro atoms. The van der Waals surface area contributed by atoms with Crippen LogP contribution in [0.4, 0.5) is 0 Å². The van der Waals surface area contributed by atoms with E-state index in [-0.39, 0.29) is 0 Å². The monoisotopic (exact) mass is 957 g/mol. The zero-order chi connectivity index (χ0) is 49.4. The minimum atomic E-state index is 0.612. The summed E-state index contributed by atoms with van der Waals surface area (Å²) in [5, 5.41) is 6.97. The van der Waals surface area contributed by atoms with Gasteiger partial charge in [0.2, 0.25) is 0 Å². The third-order valence-electron chi connectivity index (χ3n) is 14.8. The maximum absolute atomic E-state index is 6.62. The molecule has 6 nitrogen and oxygen atoms in total. The van der Waals surface area contributed by atoms with E-state index >= 15 is 0 Å². The Hall–Kier alpha value is -10.2. The summed E-state index contributed by atoms with van der Waals surface area (Å²) in [5.74, 6) is 1.87. The number of fused-ring (bicyclic) bond motifs is 9. The number of furan rings is 1. The molecule has 0 fully saturated rings. The second kappa shape index (κ2) is 17.3. The number of aromatic nitrogens is 5. The van der Waals surface area contributed by atoms with Gasteiger partial charge in [-0.3, -0.25) is 0 Å². The van der Waals surface area contributed by atoms with Crippen LogP contribution in [0, 0.1) is 0 Å². The zero-order valence-corrected chi connectivity index (χ0v) is 40.5. The van der Waals surface area contributed by atoms with Gasteiger partial charge in [0, 0.05) is 60.4 Å². The summed E-state index contributed by atoms with van der Waals surface area (Å²) in [6.07, 6.45) is 0. The SMILES string of the molecule is c1ccc(-c2nc(-c3ccccc3)nc(-c3cccc(-c4cccc5oc6ccc(-c7ccc8c(c7)c7cc(-c9ccc%10c(c9)c9ccccc9n%10-c9ccccc9)ccc7n8-c7ccccc7)cc6c45)c3)n2)cc1. The third kappa shape index (κ3) is 7.14. The molecule has 15 aromatic rings. The van der Waals surface area contributed by atoms with Gasteiger partial charge in [0.05, 0.1) is 22.1 Å². The Labute approximate surface area is 431 Å². The van der Waals surface area contributed by atoms with Gasteiger partial charge in [-0.1, -0.05) is 170 Å². The molecule has 0 saturated heterocycles. The Morgan fingerprint density at radius 3 is 1.23 bits per heavy atom. The molecule has 0 bridgehead atoms. The van der Waals surface area contributed by atoms with Gasteiger partial charge in [0.1, 0.15) is 11.2 Å². The molecule has 0 N–H and O–H groups in total. The minimum Gasteiger partial charge on any atom is -0.456 e. The van der Waals surface area contributed by atoms with E-state index in [0.717, 1.165) is 83.3 Å². The molecule has 15 rings (SSSR count). The summed E-state index contributed by atoms with van der Waals surface area (Å²) in [7, 11) is 0. The Morgan fingerprint density at radius 1 is 0.253 bits per heavy atom. The molecule has 0 saturated carbocycles. The first-order chi connectivity index (χ1) is 37.2. The number of hydrogen-bond acceptors (Lipinski definition) is 4. The van der Waals surface area contributed by atoms with Crippen LogP contribution in [0.5, 0.6) is 0 Å². The topological polar surface area (TPSA) is 61.7 Å². The molecule has 0 aliphatic carbocycles. The van der Waals surface area contributed by atoms with Gasteiger partial charge in [0.25, 0.3) is 0 Å². The van der Waals surface area contributed by atoms with Gasteiger partial charge in [-0.15, -0.1) is 0 Å². The molecule has 350 valence electrons. The number of rotatable bonds is 8. The van der Waals surface area contributed by atoms with E-state index in [2.05, 4.69) is 209 Å². The lowest BCUT2D eigenvalue weighted by Crippen LogP contribution is -2.00. The van der Waals surface area contributed by atoms with E-state index in [1.54, 1.807) is 0 Å². The van der Waals surface area contributed by atoms with Crippen LogP contribution in [-0.2, 0) is 0 Å². The normalized spacial score (nSPS) is 11.7. The van der Waals surface area contributed by atoms with Crippen LogP contribution in [-0.4, -0.2) is 24.1 Å². The summed E-state index contributed by atoms with van der Waals surface area (Å²) >= 11 is 0. The molecule has 0 amide bonds. The highest BCUT2D eigenvalue weighted by molar-refractivity contribution is 6.15. The van der Waals surface area contributed by atoms with Crippen LogP contribution in [0.25, 0.3) is 144 Å². The molecule has 0 atom stereocenters. The van der Waals surface area contributed by atoms with E-state index < -0.39 is 0 Å². The van der Waals surface area contributed by atoms with Crippen molar-refractivity contribution in [3.05, 3.63) is 261 Å². The lowest BCUT2D eigenvalue weighted by molar-refractivity contribution is 0.669. The van der Waals surface area contributed by atoms with Crippen molar-refractivity contribution < 1.29 is 4.42 Å². The highest BCUT2D eigenvalue weighted by Gasteiger charge is 2.20. The maximum atomic E-state index is 6.62.